The van der Waals surface area contributed by atoms with E-state index in [1.807, 2.05) is 0 Å². The minimum Gasteiger partial charge on any atom is -0.465 e. The summed E-state index contributed by atoms with van der Waals surface area (Å²) in [5.74, 6) is 0.540. The van der Waals surface area contributed by atoms with Gasteiger partial charge in [-0.05, 0) is 30.9 Å². The summed E-state index contributed by atoms with van der Waals surface area (Å²) in [4.78, 5) is 18.0. The number of aliphatic hydroxyl groups is 1. The zero-order chi connectivity index (χ0) is 13.0. The van der Waals surface area contributed by atoms with Crippen molar-refractivity contribution in [2.75, 3.05) is 31.7 Å². The second kappa shape index (κ2) is 5.82. The fourth-order valence-electron chi connectivity index (χ4n) is 2.32. The Hall–Kier alpha value is -1.62. The van der Waals surface area contributed by atoms with Crippen LogP contribution in [0, 0.1) is 5.92 Å². The van der Waals surface area contributed by atoms with Gasteiger partial charge in [-0.3, -0.25) is 0 Å². The monoisotopic (exact) mass is 250 g/mol. The third-order valence-electron chi connectivity index (χ3n) is 3.27. The molecule has 1 fully saturated rings. The molecule has 1 aromatic heterocycles. The van der Waals surface area contributed by atoms with Crippen LogP contribution in [0.5, 0.6) is 0 Å². The number of hydrogen-bond acceptors (Lipinski definition) is 5. The summed E-state index contributed by atoms with van der Waals surface area (Å²) < 4.78 is 4.77. The van der Waals surface area contributed by atoms with Gasteiger partial charge < -0.3 is 14.7 Å². The fraction of sp³-hybridized carbons (Fsp3) is 0.538. The highest BCUT2D eigenvalue weighted by atomic mass is 16.5. The van der Waals surface area contributed by atoms with Gasteiger partial charge in [-0.2, -0.15) is 0 Å². The normalized spacial score (nSPS) is 19.7. The summed E-state index contributed by atoms with van der Waals surface area (Å²) in [6.07, 6.45) is 3.69. The van der Waals surface area contributed by atoms with Crippen molar-refractivity contribution in [1.82, 2.24) is 4.98 Å². The van der Waals surface area contributed by atoms with E-state index < -0.39 is 0 Å². The van der Waals surface area contributed by atoms with Gasteiger partial charge in [-0.25, -0.2) is 9.78 Å². The van der Waals surface area contributed by atoms with Crippen LogP contribution < -0.4 is 4.90 Å². The Morgan fingerprint density at radius 1 is 1.67 bits per heavy atom. The highest BCUT2D eigenvalue weighted by Gasteiger charge is 2.24. The number of esters is 1. The van der Waals surface area contributed by atoms with Gasteiger partial charge in [0, 0.05) is 25.9 Å². The average Bonchev–Trinajstić information content (AvgIpc) is 2.46. The smallest absolute Gasteiger partial charge is 0.341 e. The SMILES string of the molecule is COC(=O)c1cccnc1N1CCC[C@H](CO)C1. The number of aliphatic hydroxyl groups excluding tert-OH is 1. The first-order valence-electron chi connectivity index (χ1n) is 6.15. The maximum atomic E-state index is 11.7. The minimum absolute atomic E-state index is 0.177. The summed E-state index contributed by atoms with van der Waals surface area (Å²) in [7, 11) is 1.37. The van der Waals surface area contributed by atoms with E-state index in [1.54, 1.807) is 18.3 Å². The summed E-state index contributed by atoms with van der Waals surface area (Å²) in [5.41, 5.74) is 0.485. The van der Waals surface area contributed by atoms with Gasteiger partial charge in [0.2, 0.25) is 0 Å². The molecule has 1 saturated heterocycles. The molecular formula is C13H18N2O3. The summed E-state index contributed by atoms with van der Waals surface area (Å²) >= 11 is 0. The lowest BCUT2D eigenvalue weighted by atomic mass is 9.98. The highest BCUT2D eigenvalue weighted by molar-refractivity contribution is 5.94. The van der Waals surface area contributed by atoms with Crippen molar-refractivity contribution in [3.8, 4) is 0 Å². The van der Waals surface area contributed by atoms with Crippen molar-refractivity contribution in [3.05, 3.63) is 23.9 Å². The van der Waals surface area contributed by atoms with E-state index in [0.717, 1.165) is 25.9 Å². The first-order chi connectivity index (χ1) is 8.76. The molecule has 18 heavy (non-hydrogen) atoms. The number of carbonyl (C=O) groups is 1. The van der Waals surface area contributed by atoms with Crippen molar-refractivity contribution in [2.24, 2.45) is 5.92 Å². The van der Waals surface area contributed by atoms with E-state index in [2.05, 4.69) is 9.88 Å². The van der Waals surface area contributed by atoms with Crippen molar-refractivity contribution in [2.45, 2.75) is 12.8 Å². The van der Waals surface area contributed by atoms with Gasteiger partial charge in [-0.1, -0.05) is 0 Å². The van der Waals surface area contributed by atoms with Crippen LogP contribution in [-0.4, -0.2) is 42.9 Å². The molecule has 2 rings (SSSR count). The van der Waals surface area contributed by atoms with E-state index in [1.165, 1.54) is 7.11 Å². The molecule has 98 valence electrons. The standard InChI is InChI=1S/C13H18N2O3/c1-18-13(17)11-5-2-6-14-12(11)15-7-3-4-10(8-15)9-16/h2,5-6,10,16H,3-4,7-9H2,1H3/t10-/m0/s1. The molecule has 1 aromatic rings. The van der Waals surface area contributed by atoms with Crippen LogP contribution in [0.3, 0.4) is 0 Å². The molecule has 1 N–H and O–H groups in total. The Kier molecular flexibility index (Phi) is 4.15. The maximum Gasteiger partial charge on any atom is 0.341 e. The van der Waals surface area contributed by atoms with Crippen molar-refractivity contribution >= 4 is 11.8 Å². The Morgan fingerprint density at radius 2 is 2.50 bits per heavy atom. The third-order valence-corrected chi connectivity index (χ3v) is 3.27. The number of pyridine rings is 1. The Bertz CT molecular complexity index is 422. The third kappa shape index (κ3) is 2.61. The largest absolute Gasteiger partial charge is 0.465 e. The molecule has 0 saturated carbocycles. The van der Waals surface area contributed by atoms with Gasteiger partial charge in [-0.15, -0.1) is 0 Å². The first kappa shape index (κ1) is 12.8. The number of aromatic nitrogens is 1. The number of piperidine rings is 1. The van der Waals surface area contributed by atoms with Crippen LogP contribution in [-0.2, 0) is 4.74 Å². The van der Waals surface area contributed by atoms with Crippen LogP contribution in [0.4, 0.5) is 5.82 Å². The van der Waals surface area contributed by atoms with Gasteiger partial charge in [0.15, 0.2) is 0 Å². The summed E-state index contributed by atoms with van der Waals surface area (Å²) in [6.45, 7) is 1.77. The molecule has 0 unspecified atom stereocenters. The number of ether oxygens (including phenoxy) is 1. The fourth-order valence-corrected chi connectivity index (χ4v) is 2.32. The molecule has 1 atom stereocenters. The minimum atomic E-state index is -0.371. The summed E-state index contributed by atoms with van der Waals surface area (Å²) in [5, 5.41) is 9.24. The molecule has 0 spiro atoms. The number of rotatable bonds is 3. The molecule has 0 aromatic carbocycles. The lowest BCUT2D eigenvalue weighted by molar-refractivity contribution is 0.0601. The van der Waals surface area contributed by atoms with Crippen molar-refractivity contribution in [3.63, 3.8) is 0 Å². The molecule has 1 aliphatic heterocycles. The zero-order valence-corrected chi connectivity index (χ0v) is 10.5. The lowest BCUT2D eigenvalue weighted by Gasteiger charge is -2.33. The van der Waals surface area contributed by atoms with Crippen LogP contribution >= 0.6 is 0 Å². The predicted molar refractivity (Wildman–Crippen MR) is 67.6 cm³/mol. The maximum absolute atomic E-state index is 11.7. The summed E-state index contributed by atoms with van der Waals surface area (Å²) in [6, 6.07) is 3.44. The number of hydrogen-bond donors (Lipinski definition) is 1. The Balaban J connectivity index is 2.24. The molecular weight excluding hydrogens is 232 g/mol. The lowest BCUT2D eigenvalue weighted by Crippen LogP contribution is -2.38. The van der Waals surface area contributed by atoms with E-state index in [0.29, 0.717) is 11.4 Å². The molecule has 0 amide bonds. The molecule has 2 heterocycles. The van der Waals surface area contributed by atoms with Crippen molar-refractivity contribution < 1.29 is 14.6 Å². The number of anilines is 1. The molecule has 0 bridgehead atoms. The number of methoxy groups -OCH3 is 1. The van der Waals surface area contributed by atoms with Gasteiger partial charge in [0.05, 0.1) is 7.11 Å². The van der Waals surface area contributed by atoms with Gasteiger partial charge in [0.25, 0.3) is 0 Å². The Labute approximate surface area is 106 Å². The second-order valence-electron chi connectivity index (χ2n) is 4.50. The highest BCUT2D eigenvalue weighted by Crippen LogP contribution is 2.24. The first-order valence-corrected chi connectivity index (χ1v) is 6.15. The molecule has 5 heteroatoms. The van der Waals surface area contributed by atoms with E-state index in [-0.39, 0.29) is 18.5 Å². The van der Waals surface area contributed by atoms with Gasteiger partial charge in [0.1, 0.15) is 11.4 Å². The zero-order valence-electron chi connectivity index (χ0n) is 10.5. The van der Waals surface area contributed by atoms with E-state index >= 15 is 0 Å². The number of carbonyl (C=O) groups excluding carboxylic acids is 1. The van der Waals surface area contributed by atoms with E-state index in [9.17, 15) is 9.90 Å². The average molecular weight is 250 g/mol. The van der Waals surface area contributed by atoms with Crippen LogP contribution in [0.15, 0.2) is 18.3 Å². The topological polar surface area (TPSA) is 62.7 Å². The Morgan fingerprint density at radius 3 is 3.22 bits per heavy atom. The molecule has 5 nitrogen and oxygen atoms in total. The second-order valence-corrected chi connectivity index (χ2v) is 4.50. The van der Waals surface area contributed by atoms with E-state index in [4.69, 9.17) is 4.74 Å². The molecule has 1 aliphatic rings. The van der Waals surface area contributed by atoms with Crippen LogP contribution in [0.2, 0.25) is 0 Å². The van der Waals surface area contributed by atoms with Crippen LogP contribution in [0.1, 0.15) is 23.2 Å². The number of nitrogens with zero attached hydrogens (tertiary/aromatic N) is 2. The van der Waals surface area contributed by atoms with Crippen LogP contribution in [0.25, 0.3) is 0 Å². The molecule has 0 aliphatic carbocycles. The predicted octanol–water partition coefficient (Wildman–Crippen LogP) is 1.08. The molecule has 0 radical (unpaired) electrons. The quantitative estimate of drug-likeness (QED) is 0.813. The van der Waals surface area contributed by atoms with Crippen molar-refractivity contribution in [1.29, 1.82) is 0 Å². The van der Waals surface area contributed by atoms with Gasteiger partial charge >= 0.3 is 5.97 Å².